The highest BCUT2D eigenvalue weighted by atomic mass is 16.5. The lowest BCUT2D eigenvalue weighted by Gasteiger charge is -2.04. The second-order valence-electron chi connectivity index (χ2n) is 3.84. The predicted molar refractivity (Wildman–Crippen MR) is 68.1 cm³/mol. The van der Waals surface area contributed by atoms with Crippen LogP contribution in [0.4, 0.5) is 0 Å². The Kier molecular flexibility index (Phi) is 3.24. The molecule has 0 saturated carbocycles. The standard InChI is InChI=1S/C15H14O2/c1-3-11(2)15(16)17-14-10-9-12-7-5-4-6-8-13(12)14/h3-10H,1-2H3. The van der Waals surface area contributed by atoms with Gasteiger partial charge in [-0.25, -0.2) is 4.79 Å². The van der Waals surface area contributed by atoms with Crippen molar-refractivity contribution < 1.29 is 9.53 Å². The van der Waals surface area contributed by atoms with Gasteiger partial charge in [-0.2, -0.15) is 0 Å². The van der Waals surface area contributed by atoms with Gasteiger partial charge in [-0.1, -0.05) is 42.5 Å². The Bertz CT molecular complexity index is 541. The first-order valence-corrected chi connectivity index (χ1v) is 5.55. The second-order valence-corrected chi connectivity index (χ2v) is 3.84. The van der Waals surface area contributed by atoms with Crippen molar-refractivity contribution in [1.82, 2.24) is 0 Å². The molecule has 0 amide bonds. The molecule has 0 aromatic carbocycles. The summed E-state index contributed by atoms with van der Waals surface area (Å²) in [6.07, 6.45) is 1.74. The van der Waals surface area contributed by atoms with Crippen LogP contribution in [-0.4, -0.2) is 5.97 Å². The average molecular weight is 226 g/mol. The van der Waals surface area contributed by atoms with Crippen LogP contribution in [0.2, 0.25) is 0 Å². The van der Waals surface area contributed by atoms with E-state index in [1.165, 1.54) is 0 Å². The quantitative estimate of drug-likeness (QED) is 0.577. The van der Waals surface area contributed by atoms with Crippen LogP contribution in [-0.2, 0) is 4.79 Å². The Hall–Kier alpha value is -2.09. The number of rotatable bonds is 2. The number of hydrogen-bond donors (Lipinski definition) is 0. The fourth-order valence-corrected chi connectivity index (χ4v) is 1.57. The van der Waals surface area contributed by atoms with E-state index >= 15 is 0 Å². The topological polar surface area (TPSA) is 26.3 Å². The minimum Gasteiger partial charge on any atom is -0.423 e. The summed E-state index contributed by atoms with van der Waals surface area (Å²) in [7, 11) is 0. The third-order valence-corrected chi connectivity index (χ3v) is 2.71. The molecule has 0 aromatic heterocycles. The summed E-state index contributed by atoms with van der Waals surface area (Å²) in [5.41, 5.74) is 2.63. The van der Waals surface area contributed by atoms with E-state index in [-0.39, 0.29) is 5.97 Å². The highest BCUT2D eigenvalue weighted by Crippen LogP contribution is 2.33. The van der Waals surface area contributed by atoms with Gasteiger partial charge in [-0.3, -0.25) is 0 Å². The van der Waals surface area contributed by atoms with Crippen molar-refractivity contribution in [2.45, 2.75) is 13.8 Å². The number of carbonyl (C=O) groups excluding carboxylic acids is 1. The molecular weight excluding hydrogens is 212 g/mol. The number of allylic oxidation sites excluding steroid dienone is 1. The van der Waals surface area contributed by atoms with Gasteiger partial charge >= 0.3 is 5.97 Å². The zero-order valence-electron chi connectivity index (χ0n) is 9.94. The molecule has 0 radical (unpaired) electrons. The Labute approximate surface area is 101 Å². The summed E-state index contributed by atoms with van der Waals surface area (Å²) in [6.45, 7) is 3.56. The zero-order chi connectivity index (χ0) is 12.3. The molecule has 17 heavy (non-hydrogen) atoms. The molecule has 0 bridgehead atoms. The highest BCUT2D eigenvalue weighted by Gasteiger charge is 2.13. The van der Waals surface area contributed by atoms with E-state index in [0.29, 0.717) is 11.3 Å². The first kappa shape index (κ1) is 11.4. The molecule has 0 saturated heterocycles. The van der Waals surface area contributed by atoms with E-state index in [1.807, 2.05) is 49.4 Å². The molecule has 0 spiro atoms. The minimum absolute atomic E-state index is 0.300. The molecule has 2 nitrogen and oxygen atoms in total. The molecule has 2 heteroatoms. The molecule has 0 unspecified atom stereocenters. The van der Waals surface area contributed by atoms with Gasteiger partial charge in [0, 0.05) is 11.1 Å². The van der Waals surface area contributed by atoms with Crippen molar-refractivity contribution in [2.75, 3.05) is 0 Å². The molecular formula is C15H14O2. The number of hydrogen-bond acceptors (Lipinski definition) is 2. The van der Waals surface area contributed by atoms with Crippen molar-refractivity contribution in [3.63, 3.8) is 0 Å². The molecule has 0 heterocycles. The van der Waals surface area contributed by atoms with Crippen molar-refractivity contribution in [3.05, 3.63) is 54.1 Å². The first-order chi connectivity index (χ1) is 8.22. The summed E-state index contributed by atoms with van der Waals surface area (Å²) in [5.74, 6) is 0.314. The zero-order valence-corrected chi connectivity index (χ0v) is 9.94. The van der Waals surface area contributed by atoms with Crippen molar-refractivity contribution in [3.8, 4) is 16.9 Å². The average Bonchev–Trinajstić information content (AvgIpc) is 2.58. The van der Waals surface area contributed by atoms with Gasteiger partial charge in [0.25, 0.3) is 0 Å². The van der Waals surface area contributed by atoms with Crippen molar-refractivity contribution in [1.29, 1.82) is 0 Å². The fraction of sp³-hybridized carbons (Fsp3) is 0.133. The van der Waals surface area contributed by atoms with Gasteiger partial charge in [0.1, 0.15) is 5.75 Å². The van der Waals surface area contributed by atoms with Gasteiger partial charge in [-0.05, 0) is 25.5 Å². The predicted octanol–water partition coefficient (Wildman–Crippen LogP) is 3.66. The maximum atomic E-state index is 11.7. The van der Waals surface area contributed by atoms with E-state index in [9.17, 15) is 4.79 Å². The summed E-state index contributed by atoms with van der Waals surface area (Å²) in [6, 6.07) is 13.6. The largest absolute Gasteiger partial charge is 0.423 e. The number of ether oxygens (including phenoxy) is 1. The Morgan fingerprint density at radius 3 is 2.65 bits per heavy atom. The summed E-state index contributed by atoms with van der Waals surface area (Å²) >= 11 is 0. The molecule has 0 fully saturated rings. The number of esters is 1. The fourth-order valence-electron chi connectivity index (χ4n) is 1.57. The second kappa shape index (κ2) is 4.83. The van der Waals surface area contributed by atoms with Gasteiger partial charge in [-0.15, -0.1) is 0 Å². The third-order valence-electron chi connectivity index (χ3n) is 2.71. The van der Waals surface area contributed by atoms with E-state index in [2.05, 4.69) is 0 Å². The summed E-state index contributed by atoms with van der Waals surface area (Å²) in [5, 5.41) is 0. The monoisotopic (exact) mass is 226 g/mol. The van der Waals surface area contributed by atoms with Crippen molar-refractivity contribution in [2.24, 2.45) is 0 Å². The van der Waals surface area contributed by atoms with Gasteiger partial charge in [0.2, 0.25) is 0 Å². The van der Waals surface area contributed by atoms with Crippen LogP contribution < -0.4 is 4.74 Å². The molecule has 0 atom stereocenters. The first-order valence-electron chi connectivity index (χ1n) is 5.55. The lowest BCUT2D eigenvalue weighted by molar-refractivity contribution is -0.130. The van der Waals surface area contributed by atoms with Crippen LogP contribution in [0.3, 0.4) is 0 Å². The molecule has 0 N–H and O–H groups in total. The van der Waals surface area contributed by atoms with Crippen molar-refractivity contribution >= 4 is 5.97 Å². The molecule has 2 rings (SSSR count). The molecule has 86 valence electrons. The van der Waals surface area contributed by atoms with E-state index < -0.39 is 0 Å². The number of fused-ring (bicyclic) bond motifs is 1. The summed E-state index contributed by atoms with van der Waals surface area (Å²) < 4.78 is 5.35. The van der Waals surface area contributed by atoms with Gasteiger partial charge < -0.3 is 4.74 Å². The van der Waals surface area contributed by atoms with Crippen LogP contribution in [0.15, 0.2) is 54.1 Å². The minimum atomic E-state index is -0.300. The normalized spacial score (nSPS) is 11.5. The highest BCUT2D eigenvalue weighted by molar-refractivity contribution is 5.91. The molecule has 2 aliphatic carbocycles. The molecule has 2 aliphatic rings. The van der Waals surface area contributed by atoms with Crippen LogP contribution in [0.25, 0.3) is 11.1 Å². The molecule has 0 aromatic rings. The van der Waals surface area contributed by atoms with E-state index in [1.54, 1.807) is 13.0 Å². The maximum absolute atomic E-state index is 11.7. The molecule has 0 aliphatic heterocycles. The SMILES string of the molecule is CC=C(C)C(=O)Oc1ccc2cccccc1-2. The van der Waals surface area contributed by atoms with Crippen LogP contribution in [0.1, 0.15) is 13.8 Å². The summed E-state index contributed by atoms with van der Waals surface area (Å²) in [4.78, 5) is 11.7. The maximum Gasteiger partial charge on any atom is 0.338 e. The lowest BCUT2D eigenvalue weighted by Crippen LogP contribution is -2.08. The Morgan fingerprint density at radius 2 is 1.88 bits per heavy atom. The van der Waals surface area contributed by atoms with Crippen LogP contribution >= 0.6 is 0 Å². The van der Waals surface area contributed by atoms with Crippen LogP contribution in [0.5, 0.6) is 5.75 Å². The Balaban J connectivity index is 2.31. The van der Waals surface area contributed by atoms with Gasteiger partial charge in [0.15, 0.2) is 0 Å². The lowest BCUT2D eigenvalue weighted by atomic mass is 10.2. The third kappa shape index (κ3) is 2.36. The number of carbonyl (C=O) groups is 1. The van der Waals surface area contributed by atoms with Crippen LogP contribution in [0, 0.1) is 0 Å². The Morgan fingerprint density at radius 1 is 1.12 bits per heavy atom. The van der Waals surface area contributed by atoms with E-state index in [0.717, 1.165) is 11.1 Å². The van der Waals surface area contributed by atoms with E-state index in [4.69, 9.17) is 4.74 Å². The smallest absolute Gasteiger partial charge is 0.338 e. The van der Waals surface area contributed by atoms with Gasteiger partial charge in [0.05, 0.1) is 0 Å².